The van der Waals surface area contributed by atoms with Crippen molar-refractivity contribution in [3.05, 3.63) is 206 Å². The van der Waals surface area contributed by atoms with Gasteiger partial charge in [-0.1, -0.05) is 140 Å². The fraction of sp³-hybridized carbons (Fsp3) is 0. The molecule has 2 aromatic heterocycles. The van der Waals surface area contributed by atoms with E-state index < -0.39 is 0 Å². The fourth-order valence-corrected chi connectivity index (χ4v) is 8.45. The molecule has 0 aliphatic heterocycles. The molecule has 0 spiro atoms. The van der Waals surface area contributed by atoms with Gasteiger partial charge in [-0.25, -0.2) is 0 Å². The average molecular weight is 703 g/mol. The summed E-state index contributed by atoms with van der Waals surface area (Å²) in [7, 11) is 0. The Hall–Kier alpha value is -7.36. The Morgan fingerprint density at radius 1 is 0.345 bits per heavy atom. The average Bonchev–Trinajstić information content (AvgIpc) is 3.80. The van der Waals surface area contributed by atoms with Crippen LogP contribution in [-0.2, 0) is 0 Å². The first kappa shape index (κ1) is 31.2. The van der Waals surface area contributed by atoms with Crippen LogP contribution in [0.4, 0.5) is 17.1 Å². The van der Waals surface area contributed by atoms with E-state index in [0.717, 1.165) is 55.9 Å². The van der Waals surface area contributed by atoms with Crippen molar-refractivity contribution in [2.75, 3.05) is 4.90 Å². The molecule has 0 bridgehead atoms. The van der Waals surface area contributed by atoms with Crippen molar-refractivity contribution in [1.82, 2.24) is 4.57 Å². The molecular weight excluding hydrogens is 669 g/mol. The topological polar surface area (TPSA) is 21.3 Å². The molecule has 3 nitrogen and oxygen atoms in total. The maximum absolute atomic E-state index is 6.43. The lowest BCUT2D eigenvalue weighted by Gasteiger charge is -2.26. The Balaban J connectivity index is 1.08. The van der Waals surface area contributed by atoms with Gasteiger partial charge in [-0.15, -0.1) is 0 Å². The van der Waals surface area contributed by atoms with Gasteiger partial charge in [0.25, 0.3) is 0 Å². The van der Waals surface area contributed by atoms with E-state index in [1.165, 1.54) is 43.6 Å². The van der Waals surface area contributed by atoms with Crippen molar-refractivity contribution in [3.63, 3.8) is 0 Å². The Labute approximate surface area is 318 Å². The molecule has 0 radical (unpaired) electrons. The van der Waals surface area contributed by atoms with Gasteiger partial charge < -0.3 is 13.9 Å². The highest BCUT2D eigenvalue weighted by Gasteiger charge is 2.19. The van der Waals surface area contributed by atoms with E-state index in [1.54, 1.807) is 0 Å². The summed E-state index contributed by atoms with van der Waals surface area (Å²) in [4.78, 5) is 2.37. The fourth-order valence-electron chi connectivity index (χ4n) is 8.45. The number of furan rings is 1. The molecule has 0 N–H and O–H groups in total. The predicted molar refractivity (Wildman–Crippen MR) is 231 cm³/mol. The van der Waals surface area contributed by atoms with Crippen LogP contribution in [0.25, 0.3) is 82.5 Å². The zero-order valence-electron chi connectivity index (χ0n) is 29.9. The van der Waals surface area contributed by atoms with Crippen molar-refractivity contribution in [1.29, 1.82) is 0 Å². The number of nitrogens with zero attached hydrogens (tertiary/aromatic N) is 2. The number of rotatable bonds is 6. The highest BCUT2D eigenvalue weighted by molar-refractivity contribution is 6.22. The van der Waals surface area contributed by atoms with E-state index >= 15 is 0 Å². The summed E-state index contributed by atoms with van der Waals surface area (Å²) >= 11 is 0. The molecular formula is C52H34N2O. The lowest BCUT2D eigenvalue weighted by Crippen LogP contribution is -2.10. The summed E-state index contributed by atoms with van der Waals surface area (Å²) in [5.41, 5.74) is 13.2. The summed E-state index contributed by atoms with van der Waals surface area (Å²) in [5, 5.41) is 7.19. The van der Waals surface area contributed by atoms with Crippen LogP contribution in [-0.4, -0.2) is 4.57 Å². The Kier molecular flexibility index (Phi) is 7.17. The maximum atomic E-state index is 6.43. The van der Waals surface area contributed by atoms with Crippen LogP contribution in [0.5, 0.6) is 0 Å². The molecule has 0 unspecified atom stereocenters. The number of benzene rings is 9. The quantitative estimate of drug-likeness (QED) is 0.172. The van der Waals surface area contributed by atoms with Crippen molar-refractivity contribution in [2.45, 2.75) is 0 Å². The minimum absolute atomic E-state index is 0.904. The third kappa shape index (κ3) is 5.13. The molecule has 3 heteroatoms. The predicted octanol–water partition coefficient (Wildman–Crippen LogP) is 14.6. The molecule has 0 saturated carbocycles. The van der Waals surface area contributed by atoms with Crippen molar-refractivity contribution >= 4 is 71.6 Å². The summed E-state index contributed by atoms with van der Waals surface area (Å²) in [6, 6.07) is 73.9. The summed E-state index contributed by atoms with van der Waals surface area (Å²) in [5.74, 6) is 0. The largest absolute Gasteiger partial charge is 0.456 e. The van der Waals surface area contributed by atoms with Crippen LogP contribution < -0.4 is 4.90 Å². The van der Waals surface area contributed by atoms with Gasteiger partial charge in [-0.2, -0.15) is 0 Å². The Morgan fingerprint density at radius 2 is 0.891 bits per heavy atom. The van der Waals surface area contributed by atoms with Crippen LogP contribution in [0.2, 0.25) is 0 Å². The molecule has 258 valence electrons. The second kappa shape index (κ2) is 12.6. The van der Waals surface area contributed by atoms with Gasteiger partial charge in [0, 0.05) is 44.3 Å². The van der Waals surface area contributed by atoms with Gasteiger partial charge in [0.2, 0.25) is 0 Å². The Morgan fingerprint density at radius 3 is 1.64 bits per heavy atom. The molecule has 11 rings (SSSR count). The van der Waals surface area contributed by atoms with E-state index in [2.05, 4.69) is 210 Å². The van der Waals surface area contributed by atoms with E-state index in [-0.39, 0.29) is 0 Å². The molecule has 11 aromatic rings. The van der Waals surface area contributed by atoms with Crippen LogP contribution in [0, 0.1) is 0 Å². The number of para-hydroxylation sites is 3. The van der Waals surface area contributed by atoms with E-state index in [9.17, 15) is 0 Å². The highest BCUT2D eigenvalue weighted by atomic mass is 16.3. The van der Waals surface area contributed by atoms with Crippen LogP contribution in [0.15, 0.2) is 211 Å². The highest BCUT2D eigenvalue weighted by Crippen LogP contribution is 2.43. The first-order valence-electron chi connectivity index (χ1n) is 18.8. The van der Waals surface area contributed by atoms with Gasteiger partial charge in [0.1, 0.15) is 11.2 Å². The second-order valence-corrected chi connectivity index (χ2v) is 14.1. The molecule has 9 aromatic carbocycles. The third-order valence-electron chi connectivity index (χ3n) is 11.0. The van der Waals surface area contributed by atoms with E-state index in [0.29, 0.717) is 0 Å². The SMILES string of the molecule is c1ccc(-c2ccc(N(c3ccc(-c4cc5oc6ccccc6c5c5ccccc45)cc3)c3ccc4c5ccccc5n(-c5ccccc5)c4c3)cc2)cc1. The minimum atomic E-state index is 0.904. The standard InChI is InChI=1S/C52H34N2O/c1-3-13-35(14-4-1)36-23-27-39(28-24-36)53(41-31-32-44-43-18-9-11-21-48(43)54(49(44)33-41)38-15-5-2-6-16-38)40-29-25-37(26-30-40)47-34-51-52(45-19-8-7-17-42(45)47)46-20-10-12-22-50(46)55-51/h1-34H. The molecule has 0 amide bonds. The van der Waals surface area contributed by atoms with E-state index in [1.807, 2.05) is 6.07 Å². The maximum Gasteiger partial charge on any atom is 0.136 e. The van der Waals surface area contributed by atoms with Crippen LogP contribution in [0.1, 0.15) is 0 Å². The monoisotopic (exact) mass is 702 g/mol. The smallest absolute Gasteiger partial charge is 0.136 e. The Bertz CT molecular complexity index is 3180. The second-order valence-electron chi connectivity index (χ2n) is 14.1. The minimum Gasteiger partial charge on any atom is -0.456 e. The summed E-state index contributed by atoms with van der Waals surface area (Å²) in [6.07, 6.45) is 0. The summed E-state index contributed by atoms with van der Waals surface area (Å²) < 4.78 is 8.81. The van der Waals surface area contributed by atoms with E-state index in [4.69, 9.17) is 4.42 Å². The number of fused-ring (bicyclic) bond motifs is 8. The lowest BCUT2D eigenvalue weighted by molar-refractivity contribution is 0.669. The number of hydrogen-bond acceptors (Lipinski definition) is 2. The van der Waals surface area contributed by atoms with Crippen LogP contribution in [0.3, 0.4) is 0 Å². The first-order valence-corrected chi connectivity index (χ1v) is 18.8. The van der Waals surface area contributed by atoms with Gasteiger partial charge >= 0.3 is 0 Å². The van der Waals surface area contributed by atoms with Gasteiger partial charge in [0.05, 0.1) is 11.0 Å². The molecule has 0 aliphatic carbocycles. The zero-order chi connectivity index (χ0) is 36.3. The van der Waals surface area contributed by atoms with Crippen molar-refractivity contribution in [2.24, 2.45) is 0 Å². The normalized spacial score (nSPS) is 11.6. The van der Waals surface area contributed by atoms with Crippen molar-refractivity contribution < 1.29 is 4.42 Å². The zero-order valence-corrected chi connectivity index (χ0v) is 29.9. The number of aromatic nitrogens is 1. The van der Waals surface area contributed by atoms with Crippen LogP contribution >= 0.6 is 0 Å². The van der Waals surface area contributed by atoms with Gasteiger partial charge in [-0.3, -0.25) is 0 Å². The number of hydrogen-bond donors (Lipinski definition) is 0. The van der Waals surface area contributed by atoms with Gasteiger partial charge in [0.15, 0.2) is 0 Å². The lowest BCUT2D eigenvalue weighted by atomic mass is 9.94. The summed E-state index contributed by atoms with van der Waals surface area (Å²) in [6.45, 7) is 0. The van der Waals surface area contributed by atoms with Crippen molar-refractivity contribution in [3.8, 4) is 27.9 Å². The third-order valence-corrected chi connectivity index (χ3v) is 11.0. The molecule has 0 saturated heterocycles. The molecule has 2 heterocycles. The van der Waals surface area contributed by atoms with Gasteiger partial charge in [-0.05, 0) is 99.8 Å². The molecule has 0 atom stereocenters. The molecule has 0 fully saturated rings. The first-order chi connectivity index (χ1) is 27.3. The molecule has 55 heavy (non-hydrogen) atoms. The number of anilines is 3. The molecule has 0 aliphatic rings.